The lowest BCUT2D eigenvalue weighted by Gasteiger charge is -2.32. The number of hydrogen-bond acceptors (Lipinski definition) is 4. The van der Waals surface area contributed by atoms with Gasteiger partial charge < -0.3 is 16.0 Å². The van der Waals surface area contributed by atoms with Gasteiger partial charge in [-0.2, -0.15) is 5.10 Å². The van der Waals surface area contributed by atoms with Gasteiger partial charge in [0, 0.05) is 31.5 Å². The molecule has 1 heterocycles. The summed E-state index contributed by atoms with van der Waals surface area (Å²) in [5.74, 6) is 0.0484. The lowest BCUT2D eigenvalue weighted by molar-refractivity contribution is -0.137. The first-order valence-corrected chi connectivity index (χ1v) is 7.93. The zero-order valence-corrected chi connectivity index (χ0v) is 17.2. The van der Waals surface area contributed by atoms with Crippen LogP contribution in [0.25, 0.3) is 0 Å². The van der Waals surface area contributed by atoms with Crippen LogP contribution in [-0.2, 0) is 9.59 Å². The summed E-state index contributed by atoms with van der Waals surface area (Å²) in [6.07, 6.45) is 4.14. The molecule has 0 aliphatic rings. The van der Waals surface area contributed by atoms with Gasteiger partial charge >= 0.3 is 0 Å². The SMILES string of the molecule is CC(C)CC(C)(CN)NC(=O)CN(C)C(=O)C(C)n1cccn1.Cl.Cl. The Labute approximate surface area is 162 Å². The van der Waals surface area contributed by atoms with Crippen LogP contribution in [-0.4, -0.2) is 52.2 Å². The zero-order valence-electron chi connectivity index (χ0n) is 15.6. The Bertz CT molecular complexity index is 525. The van der Waals surface area contributed by atoms with Crippen LogP contribution in [0.2, 0.25) is 0 Å². The smallest absolute Gasteiger partial charge is 0.247 e. The zero-order chi connectivity index (χ0) is 17.6. The van der Waals surface area contributed by atoms with E-state index < -0.39 is 11.6 Å². The van der Waals surface area contributed by atoms with E-state index in [1.54, 1.807) is 37.1 Å². The molecule has 0 radical (unpaired) electrons. The number of halogens is 2. The maximum absolute atomic E-state index is 12.4. The van der Waals surface area contributed by atoms with Crippen LogP contribution in [0.15, 0.2) is 18.5 Å². The minimum Gasteiger partial charge on any atom is -0.348 e. The summed E-state index contributed by atoms with van der Waals surface area (Å²) in [7, 11) is 1.62. The fourth-order valence-electron chi connectivity index (χ4n) is 2.70. The van der Waals surface area contributed by atoms with E-state index >= 15 is 0 Å². The number of nitrogens with one attached hydrogen (secondary N) is 1. The van der Waals surface area contributed by atoms with Gasteiger partial charge in [-0.3, -0.25) is 14.3 Å². The summed E-state index contributed by atoms with van der Waals surface area (Å²) in [5, 5.41) is 7.01. The molecule has 1 rings (SSSR count). The molecule has 0 saturated carbocycles. The van der Waals surface area contributed by atoms with Gasteiger partial charge in [-0.05, 0) is 32.3 Å². The first kappa shape index (κ1) is 25.9. The highest BCUT2D eigenvalue weighted by molar-refractivity contribution is 5.86. The highest BCUT2D eigenvalue weighted by Gasteiger charge is 2.27. The molecule has 25 heavy (non-hydrogen) atoms. The second-order valence-corrected chi connectivity index (χ2v) is 6.77. The predicted octanol–water partition coefficient (Wildman–Crippen LogP) is 1.63. The summed E-state index contributed by atoms with van der Waals surface area (Å²) in [6.45, 7) is 8.21. The minimum atomic E-state index is -0.456. The molecule has 2 amide bonds. The highest BCUT2D eigenvalue weighted by atomic mass is 35.5. The largest absolute Gasteiger partial charge is 0.348 e. The molecule has 9 heteroatoms. The third kappa shape index (κ3) is 8.07. The van der Waals surface area contributed by atoms with E-state index in [0.29, 0.717) is 12.5 Å². The number of likely N-dealkylation sites (N-methyl/N-ethyl adjacent to an activating group) is 1. The molecular weight excluding hydrogens is 365 g/mol. The second kappa shape index (κ2) is 11.3. The Kier molecular flexibility index (Phi) is 11.8. The standard InChI is InChI=1S/C16H29N5O2.2ClH/c1-12(2)9-16(4,11-17)19-14(22)10-20(5)15(23)13(3)21-8-6-7-18-21;;/h6-8,12-13H,9-11,17H2,1-5H3,(H,19,22);2*1H. The second-order valence-electron chi connectivity index (χ2n) is 6.77. The lowest BCUT2D eigenvalue weighted by Crippen LogP contribution is -2.54. The molecule has 2 atom stereocenters. The number of carbonyl (C=O) groups is 2. The fraction of sp³-hybridized carbons (Fsp3) is 0.688. The molecule has 1 aromatic heterocycles. The molecule has 3 N–H and O–H groups in total. The third-order valence-electron chi connectivity index (χ3n) is 3.79. The van der Waals surface area contributed by atoms with Crippen LogP contribution in [0, 0.1) is 5.92 Å². The van der Waals surface area contributed by atoms with Gasteiger partial charge in [0.05, 0.1) is 6.54 Å². The van der Waals surface area contributed by atoms with Gasteiger partial charge in [-0.25, -0.2) is 0 Å². The van der Waals surface area contributed by atoms with Crippen molar-refractivity contribution in [2.45, 2.75) is 45.7 Å². The summed E-state index contributed by atoms with van der Waals surface area (Å²) in [6, 6.07) is 1.31. The van der Waals surface area contributed by atoms with Crippen molar-refractivity contribution in [3.63, 3.8) is 0 Å². The van der Waals surface area contributed by atoms with Crippen molar-refractivity contribution in [3.05, 3.63) is 18.5 Å². The average Bonchev–Trinajstić information content (AvgIpc) is 2.98. The lowest BCUT2D eigenvalue weighted by atomic mass is 9.90. The Morgan fingerprint density at radius 2 is 1.92 bits per heavy atom. The normalized spacial score (nSPS) is 13.9. The van der Waals surface area contributed by atoms with Crippen LogP contribution in [0.5, 0.6) is 0 Å². The molecule has 0 spiro atoms. The van der Waals surface area contributed by atoms with Crippen LogP contribution in [0.1, 0.15) is 40.2 Å². The molecule has 146 valence electrons. The Morgan fingerprint density at radius 1 is 1.32 bits per heavy atom. The minimum absolute atomic E-state index is 0. The maximum Gasteiger partial charge on any atom is 0.247 e. The van der Waals surface area contributed by atoms with Gasteiger partial charge in [-0.15, -0.1) is 24.8 Å². The Balaban J connectivity index is 0. The number of hydrogen-bond donors (Lipinski definition) is 2. The van der Waals surface area contributed by atoms with E-state index in [4.69, 9.17) is 5.73 Å². The van der Waals surface area contributed by atoms with E-state index in [-0.39, 0.29) is 43.2 Å². The van der Waals surface area contributed by atoms with Crippen molar-refractivity contribution >= 4 is 36.6 Å². The van der Waals surface area contributed by atoms with E-state index in [1.165, 1.54) is 4.90 Å². The van der Waals surface area contributed by atoms with Crippen molar-refractivity contribution in [1.29, 1.82) is 0 Å². The Hall–Kier alpha value is -1.31. The number of aromatic nitrogens is 2. The number of amides is 2. The van der Waals surface area contributed by atoms with E-state index in [9.17, 15) is 9.59 Å². The first-order chi connectivity index (χ1) is 10.7. The van der Waals surface area contributed by atoms with Gasteiger partial charge in [0.15, 0.2) is 0 Å². The van der Waals surface area contributed by atoms with Crippen molar-refractivity contribution in [3.8, 4) is 0 Å². The molecule has 2 unspecified atom stereocenters. The van der Waals surface area contributed by atoms with Gasteiger partial charge in [0.1, 0.15) is 6.04 Å². The van der Waals surface area contributed by atoms with Crippen molar-refractivity contribution < 1.29 is 9.59 Å². The summed E-state index contributed by atoms with van der Waals surface area (Å²) in [5.41, 5.74) is 5.34. The average molecular weight is 396 g/mol. The van der Waals surface area contributed by atoms with Crippen LogP contribution >= 0.6 is 24.8 Å². The number of rotatable bonds is 8. The number of carbonyl (C=O) groups excluding carboxylic acids is 2. The summed E-state index contributed by atoms with van der Waals surface area (Å²) < 4.78 is 1.57. The topological polar surface area (TPSA) is 93.3 Å². The molecule has 7 nitrogen and oxygen atoms in total. The summed E-state index contributed by atoms with van der Waals surface area (Å²) in [4.78, 5) is 26.0. The highest BCUT2D eigenvalue weighted by Crippen LogP contribution is 2.15. The van der Waals surface area contributed by atoms with Gasteiger partial charge in [0.2, 0.25) is 11.8 Å². The number of nitrogens with zero attached hydrogens (tertiary/aromatic N) is 3. The molecular formula is C16H31Cl2N5O2. The molecule has 0 aromatic carbocycles. The molecule has 0 fully saturated rings. The van der Waals surface area contributed by atoms with Crippen LogP contribution in [0.4, 0.5) is 0 Å². The monoisotopic (exact) mass is 395 g/mol. The van der Waals surface area contributed by atoms with Crippen LogP contribution < -0.4 is 11.1 Å². The van der Waals surface area contributed by atoms with E-state index in [1.807, 2.05) is 6.92 Å². The maximum atomic E-state index is 12.4. The van der Waals surface area contributed by atoms with Crippen molar-refractivity contribution in [2.24, 2.45) is 11.7 Å². The Morgan fingerprint density at radius 3 is 2.36 bits per heavy atom. The van der Waals surface area contributed by atoms with Gasteiger partial charge in [0.25, 0.3) is 0 Å². The third-order valence-corrected chi connectivity index (χ3v) is 3.79. The van der Waals surface area contributed by atoms with Crippen molar-refractivity contribution in [1.82, 2.24) is 20.0 Å². The van der Waals surface area contributed by atoms with Gasteiger partial charge in [-0.1, -0.05) is 13.8 Å². The van der Waals surface area contributed by atoms with Crippen LogP contribution in [0.3, 0.4) is 0 Å². The fourth-order valence-corrected chi connectivity index (χ4v) is 2.70. The predicted molar refractivity (Wildman–Crippen MR) is 104 cm³/mol. The van der Waals surface area contributed by atoms with E-state index in [0.717, 1.165) is 6.42 Å². The quantitative estimate of drug-likeness (QED) is 0.699. The molecule has 0 saturated heterocycles. The molecule has 0 aliphatic heterocycles. The number of nitrogens with two attached hydrogens (primary N) is 1. The van der Waals surface area contributed by atoms with Crippen molar-refractivity contribution in [2.75, 3.05) is 20.1 Å². The molecule has 0 bridgehead atoms. The molecule has 0 aliphatic carbocycles. The molecule has 1 aromatic rings. The summed E-state index contributed by atoms with van der Waals surface area (Å²) >= 11 is 0. The first-order valence-electron chi connectivity index (χ1n) is 7.93. The van der Waals surface area contributed by atoms with E-state index in [2.05, 4.69) is 24.3 Å².